The number of allylic oxidation sites excluding steroid dienone is 6. The van der Waals surface area contributed by atoms with Crippen LogP contribution in [0.3, 0.4) is 0 Å². The Bertz CT molecular complexity index is 1840. The monoisotopic (exact) mass is 849 g/mol. The van der Waals surface area contributed by atoms with Gasteiger partial charge in [-0.2, -0.15) is 0 Å². The summed E-state index contributed by atoms with van der Waals surface area (Å²) >= 11 is 0. The average molecular weight is 849 g/mol. The van der Waals surface area contributed by atoms with Gasteiger partial charge in [-0.05, 0) is 208 Å². The van der Waals surface area contributed by atoms with Crippen LogP contribution in [0.25, 0.3) is 0 Å². The van der Waals surface area contributed by atoms with Crippen molar-refractivity contribution in [3.05, 3.63) is 33.6 Å². The zero-order valence-electron chi connectivity index (χ0n) is 42.9. The minimum absolute atomic E-state index is 0.1000. The summed E-state index contributed by atoms with van der Waals surface area (Å²) in [4.78, 5) is 14.6. The van der Waals surface area contributed by atoms with Gasteiger partial charge < -0.3 is 4.74 Å². The Balaban J connectivity index is 0.982. The van der Waals surface area contributed by atoms with Gasteiger partial charge in [0.1, 0.15) is 0 Å². The zero-order chi connectivity index (χ0) is 44.4. The van der Waals surface area contributed by atoms with Gasteiger partial charge in [0.25, 0.3) is 0 Å². The average Bonchev–Trinajstić information content (AvgIpc) is 3.78. The molecule has 0 aromatic rings. The van der Waals surface area contributed by atoms with Gasteiger partial charge in [-0.1, -0.05) is 131 Å². The van der Waals surface area contributed by atoms with Crippen LogP contribution in [-0.2, 0) is 9.53 Å². The van der Waals surface area contributed by atoms with Crippen molar-refractivity contribution in [2.24, 2.45) is 92.2 Å². The molecule has 1 spiro atoms. The fraction of sp³-hybridized carbons (Fsp3) is 0.883. The van der Waals surface area contributed by atoms with Crippen molar-refractivity contribution in [3.8, 4) is 0 Å². The molecule has 1 aliphatic heterocycles. The molecule has 8 aliphatic carbocycles. The Morgan fingerprint density at radius 1 is 0.548 bits per heavy atom. The third-order valence-electron chi connectivity index (χ3n) is 24.0. The van der Waals surface area contributed by atoms with Crippen molar-refractivity contribution in [2.75, 3.05) is 0 Å². The van der Waals surface area contributed by atoms with E-state index in [0.717, 1.165) is 78.9 Å². The Morgan fingerprint density at radius 2 is 1.08 bits per heavy atom. The van der Waals surface area contributed by atoms with Gasteiger partial charge in [0.05, 0.1) is 5.76 Å². The van der Waals surface area contributed by atoms with Crippen molar-refractivity contribution in [1.82, 2.24) is 0 Å². The lowest BCUT2D eigenvalue weighted by molar-refractivity contribution is -0.222. The first kappa shape index (κ1) is 45.8. The maximum Gasteiger partial charge on any atom is 0.176 e. The first-order valence-corrected chi connectivity index (χ1v) is 27.7. The van der Waals surface area contributed by atoms with Crippen molar-refractivity contribution in [2.45, 2.75) is 243 Å². The number of carbonyl (C=O) groups is 1. The molecule has 5 saturated carbocycles. The molecule has 0 aromatic heterocycles. The SMILES string of the molecule is CCC(CCC(C)C1CCC2=C3CCC4C5=C(CCC4(C)C3CCC21C)OC1(C)C(=O)CCC2(C)C3CCC4(C)C(=C3CCC12C5)CCC4C(C)CCC(CC)C(C)C)C(C)C. The van der Waals surface area contributed by atoms with Gasteiger partial charge in [0.15, 0.2) is 11.4 Å². The van der Waals surface area contributed by atoms with E-state index >= 15 is 0 Å². The predicted octanol–water partition coefficient (Wildman–Crippen LogP) is 17.2. The van der Waals surface area contributed by atoms with Crippen LogP contribution in [0.4, 0.5) is 0 Å². The van der Waals surface area contributed by atoms with Gasteiger partial charge in [0, 0.05) is 18.3 Å². The molecule has 0 saturated heterocycles. The number of carbonyl (C=O) groups excluding carboxylic acids is 1. The molecule has 15 unspecified atom stereocenters. The molecular weight excluding hydrogens is 753 g/mol. The molecule has 15 atom stereocenters. The fourth-order valence-corrected chi connectivity index (χ4v) is 20.0. The summed E-state index contributed by atoms with van der Waals surface area (Å²) in [5.41, 5.74) is 9.81. The van der Waals surface area contributed by atoms with Gasteiger partial charge in [-0.3, -0.25) is 4.79 Å². The standard InChI is InChI=1S/C60H96O2/c1-14-41(37(3)4)18-16-39(7)46-22-24-48-43-20-21-50-45-36-60-35-26-44-49-25-23-47(40(8)17-19-42(15-2)38(5)6)56(49,10)32-28-52(44)58(60,12)34-30-54(61)59(60,13)62-53(45)29-33-57(50,11)51(43)27-31-55(46,48)9/h37-42,46-47,50-52H,14-36H2,1-13H3. The number of ketones is 1. The molecule has 0 radical (unpaired) electrons. The van der Waals surface area contributed by atoms with E-state index in [1.807, 2.05) is 22.3 Å². The van der Waals surface area contributed by atoms with Crippen LogP contribution in [0.5, 0.6) is 0 Å². The van der Waals surface area contributed by atoms with Crippen LogP contribution in [0.15, 0.2) is 33.6 Å². The minimum Gasteiger partial charge on any atom is -0.484 e. The molecule has 0 aromatic carbocycles. The van der Waals surface area contributed by atoms with E-state index in [1.165, 1.54) is 121 Å². The molecular formula is C60H96O2. The van der Waals surface area contributed by atoms with Crippen molar-refractivity contribution in [3.63, 3.8) is 0 Å². The molecule has 9 rings (SSSR count). The number of Topliss-reactive ketones (excluding diaryl/α,β-unsaturated/α-hetero) is 1. The molecule has 0 N–H and O–H groups in total. The summed E-state index contributed by atoms with van der Waals surface area (Å²) in [5.74, 6) is 10.3. The molecule has 2 heteroatoms. The second-order valence-corrected chi connectivity index (χ2v) is 26.5. The smallest absolute Gasteiger partial charge is 0.176 e. The van der Waals surface area contributed by atoms with E-state index < -0.39 is 5.60 Å². The summed E-state index contributed by atoms with van der Waals surface area (Å²) < 4.78 is 7.55. The van der Waals surface area contributed by atoms with Crippen LogP contribution in [-0.4, -0.2) is 11.4 Å². The second kappa shape index (κ2) is 16.2. The summed E-state index contributed by atoms with van der Waals surface area (Å²) in [7, 11) is 0. The normalized spacial score (nSPS) is 44.4. The molecule has 0 amide bonds. The van der Waals surface area contributed by atoms with E-state index in [2.05, 4.69) is 90.0 Å². The number of fused-ring (bicyclic) bond motifs is 8. The quantitative estimate of drug-likeness (QED) is 0.183. The van der Waals surface area contributed by atoms with E-state index in [-0.39, 0.29) is 10.8 Å². The molecule has 348 valence electrons. The van der Waals surface area contributed by atoms with Crippen molar-refractivity contribution >= 4 is 5.78 Å². The first-order chi connectivity index (χ1) is 29.3. The van der Waals surface area contributed by atoms with Crippen LogP contribution in [0, 0.1) is 92.2 Å². The van der Waals surface area contributed by atoms with Gasteiger partial charge >= 0.3 is 0 Å². The lowest BCUT2D eigenvalue weighted by atomic mass is 9.37. The third-order valence-corrected chi connectivity index (χ3v) is 24.0. The Morgan fingerprint density at radius 3 is 1.63 bits per heavy atom. The number of rotatable bonds is 12. The second-order valence-electron chi connectivity index (χ2n) is 26.5. The molecule has 5 fully saturated rings. The Kier molecular flexibility index (Phi) is 12.0. The topological polar surface area (TPSA) is 26.3 Å². The molecule has 62 heavy (non-hydrogen) atoms. The fourth-order valence-electron chi connectivity index (χ4n) is 20.0. The van der Waals surface area contributed by atoms with E-state index in [9.17, 15) is 4.79 Å². The highest BCUT2D eigenvalue weighted by Gasteiger charge is 2.73. The van der Waals surface area contributed by atoms with Gasteiger partial charge in [-0.15, -0.1) is 0 Å². The largest absolute Gasteiger partial charge is 0.484 e. The van der Waals surface area contributed by atoms with E-state index in [4.69, 9.17) is 4.74 Å². The van der Waals surface area contributed by atoms with Crippen molar-refractivity contribution < 1.29 is 9.53 Å². The highest BCUT2D eigenvalue weighted by Crippen LogP contribution is 2.76. The predicted molar refractivity (Wildman–Crippen MR) is 260 cm³/mol. The summed E-state index contributed by atoms with van der Waals surface area (Å²) in [6.07, 6.45) is 29.5. The summed E-state index contributed by atoms with van der Waals surface area (Å²) in [6, 6.07) is 0. The Hall–Kier alpha value is -1.31. The first-order valence-electron chi connectivity index (χ1n) is 27.7. The van der Waals surface area contributed by atoms with Gasteiger partial charge in [-0.25, -0.2) is 0 Å². The zero-order valence-corrected chi connectivity index (χ0v) is 42.9. The van der Waals surface area contributed by atoms with Crippen LogP contribution in [0.2, 0.25) is 0 Å². The lowest BCUT2D eigenvalue weighted by Gasteiger charge is -2.69. The number of hydrogen-bond acceptors (Lipinski definition) is 2. The number of ether oxygens (including phenoxy) is 1. The van der Waals surface area contributed by atoms with Crippen LogP contribution in [0.1, 0.15) is 238 Å². The molecule has 9 aliphatic rings. The Labute approximate surface area is 382 Å². The highest BCUT2D eigenvalue weighted by atomic mass is 16.5. The molecule has 0 bridgehead atoms. The maximum absolute atomic E-state index is 14.6. The third kappa shape index (κ3) is 6.47. The summed E-state index contributed by atoms with van der Waals surface area (Å²) in [6.45, 7) is 33.1. The summed E-state index contributed by atoms with van der Waals surface area (Å²) in [5, 5.41) is 0. The van der Waals surface area contributed by atoms with Crippen LogP contribution >= 0.6 is 0 Å². The van der Waals surface area contributed by atoms with E-state index in [1.54, 1.807) is 5.57 Å². The van der Waals surface area contributed by atoms with E-state index in [0.29, 0.717) is 40.3 Å². The molecule has 1 heterocycles. The van der Waals surface area contributed by atoms with Crippen LogP contribution < -0.4 is 0 Å². The van der Waals surface area contributed by atoms with Gasteiger partial charge in [0.2, 0.25) is 0 Å². The van der Waals surface area contributed by atoms with Crippen molar-refractivity contribution in [1.29, 1.82) is 0 Å². The minimum atomic E-state index is -0.682. The highest BCUT2D eigenvalue weighted by molar-refractivity contribution is 5.90. The lowest BCUT2D eigenvalue weighted by Crippen LogP contribution is -2.69. The maximum atomic E-state index is 14.6. The number of hydrogen-bond donors (Lipinski definition) is 0. The molecule has 2 nitrogen and oxygen atoms in total.